The smallest absolute Gasteiger partial charge is 0.267 e. The van der Waals surface area contributed by atoms with Crippen molar-refractivity contribution < 1.29 is 18.1 Å². The molecular formula is C30H54N4O4S. The fourth-order valence-corrected chi connectivity index (χ4v) is 9.57. The second-order valence-corrected chi connectivity index (χ2v) is 15.6. The summed E-state index contributed by atoms with van der Waals surface area (Å²) in [5.41, 5.74) is 13.6. The first-order valence-electron chi connectivity index (χ1n) is 15.6. The van der Waals surface area contributed by atoms with Gasteiger partial charge in [-0.25, -0.2) is 0 Å². The molecule has 4 aliphatic carbocycles. The minimum Gasteiger partial charge on any atom is -0.390 e. The summed E-state index contributed by atoms with van der Waals surface area (Å²) in [5.74, 6) is 2.08. The highest BCUT2D eigenvalue weighted by Crippen LogP contribution is 2.48. The zero-order chi connectivity index (χ0) is 28.4. The van der Waals surface area contributed by atoms with Crippen molar-refractivity contribution in [2.24, 2.45) is 56.7 Å². The Hall–Kier alpha value is -0.870. The lowest BCUT2D eigenvalue weighted by atomic mass is 9.64. The van der Waals surface area contributed by atoms with Gasteiger partial charge < -0.3 is 16.6 Å². The van der Waals surface area contributed by atoms with Gasteiger partial charge in [0.1, 0.15) is 6.04 Å². The van der Waals surface area contributed by atoms with E-state index in [-0.39, 0.29) is 41.8 Å². The summed E-state index contributed by atoms with van der Waals surface area (Å²) < 4.78 is 33.1. The Morgan fingerprint density at radius 1 is 1.03 bits per heavy atom. The fourth-order valence-electron chi connectivity index (χ4n) is 8.65. The first-order valence-corrected chi connectivity index (χ1v) is 17.1. The summed E-state index contributed by atoms with van der Waals surface area (Å²) in [4.78, 5) is 0. The molecule has 0 aliphatic heterocycles. The van der Waals surface area contributed by atoms with Crippen LogP contribution in [0.25, 0.3) is 0 Å². The topological polar surface area (TPSA) is 151 Å². The maximum Gasteiger partial charge on any atom is 0.267 e. The van der Waals surface area contributed by atoms with Gasteiger partial charge in [-0.1, -0.05) is 39.2 Å². The largest absolute Gasteiger partial charge is 0.390 e. The van der Waals surface area contributed by atoms with Crippen molar-refractivity contribution in [1.29, 1.82) is 0 Å². The highest BCUT2D eigenvalue weighted by molar-refractivity contribution is 7.86. The number of fused-ring (bicyclic) bond motifs is 3. The van der Waals surface area contributed by atoms with E-state index < -0.39 is 21.5 Å². The molecule has 0 amide bonds. The van der Waals surface area contributed by atoms with Crippen LogP contribution in [0.1, 0.15) is 104 Å². The number of aliphatic hydroxyl groups is 1. The Morgan fingerprint density at radius 2 is 1.74 bits per heavy atom. The van der Waals surface area contributed by atoms with Crippen LogP contribution in [0.3, 0.4) is 0 Å². The Balaban J connectivity index is 1.49. The zero-order valence-corrected chi connectivity index (χ0v) is 25.2. The molecule has 0 aromatic carbocycles. The molecular weight excluding hydrogens is 512 g/mol. The summed E-state index contributed by atoms with van der Waals surface area (Å²) >= 11 is 0. The summed E-state index contributed by atoms with van der Waals surface area (Å²) in [6.07, 6.45) is 14.0. The van der Waals surface area contributed by atoms with Crippen LogP contribution in [0.4, 0.5) is 0 Å². The van der Waals surface area contributed by atoms with Gasteiger partial charge in [-0.05, 0) is 112 Å². The van der Waals surface area contributed by atoms with Gasteiger partial charge in [0.15, 0.2) is 0 Å². The van der Waals surface area contributed by atoms with Gasteiger partial charge in [0.05, 0.1) is 17.4 Å². The van der Waals surface area contributed by atoms with E-state index >= 15 is 0 Å². The summed E-state index contributed by atoms with van der Waals surface area (Å²) in [7, 11) is -4.12. The van der Waals surface area contributed by atoms with Crippen molar-refractivity contribution in [2.45, 2.75) is 134 Å². The Kier molecular flexibility index (Phi) is 10.3. The lowest BCUT2D eigenvalue weighted by molar-refractivity contribution is 0.0872. The van der Waals surface area contributed by atoms with E-state index in [1.54, 1.807) is 0 Å². The van der Waals surface area contributed by atoms with Gasteiger partial charge in [0, 0.05) is 12.0 Å². The van der Waals surface area contributed by atoms with Crippen molar-refractivity contribution in [3.05, 3.63) is 11.6 Å². The first-order chi connectivity index (χ1) is 18.4. The molecule has 3 saturated carbocycles. The van der Waals surface area contributed by atoms with E-state index in [1.807, 2.05) is 6.92 Å². The monoisotopic (exact) mass is 566 g/mol. The van der Waals surface area contributed by atoms with Crippen molar-refractivity contribution in [3.63, 3.8) is 0 Å². The lowest BCUT2D eigenvalue weighted by Crippen LogP contribution is -2.35. The number of rotatable bonds is 6. The van der Waals surface area contributed by atoms with E-state index in [0.717, 1.165) is 36.7 Å². The number of nitrogens with two attached hydrogens (primary N) is 2. The van der Waals surface area contributed by atoms with Gasteiger partial charge in [-0.3, -0.25) is 4.55 Å². The second-order valence-electron chi connectivity index (χ2n) is 13.9. The van der Waals surface area contributed by atoms with Crippen LogP contribution < -0.4 is 11.5 Å². The average Bonchev–Trinajstić information content (AvgIpc) is 2.99. The van der Waals surface area contributed by atoms with Crippen molar-refractivity contribution in [2.75, 3.05) is 6.54 Å². The average molecular weight is 567 g/mol. The number of aliphatic hydroxyl groups excluding tert-OH is 1. The van der Waals surface area contributed by atoms with Gasteiger partial charge in [-0.15, -0.1) is 0 Å². The first kappa shape index (κ1) is 31.1. The van der Waals surface area contributed by atoms with E-state index in [0.29, 0.717) is 31.7 Å². The maximum absolute atomic E-state index is 11.8. The molecule has 11 atom stereocenters. The van der Waals surface area contributed by atoms with Gasteiger partial charge in [-0.2, -0.15) is 18.6 Å². The molecule has 4 rings (SSSR count). The molecule has 11 unspecified atom stereocenters. The maximum atomic E-state index is 11.8. The summed E-state index contributed by atoms with van der Waals surface area (Å²) in [6, 6.07) is -0.562. The van der Waals surface area contributed by atoms with E-state index in [9.17, 15) is 18.1 Å². The fraction of sp³-hybridized carbons (Fsp3) is 0.933. The zero-order valence-electron chi connectivity index (χ0n) is 24.4. The van der Waals surface area contributed by atoms with Crippen LogP contribution in [-0.2, 0) is 10.1 Å². The molecule has 224 valence electrons. The molecule has 0 saturated heterocycles. The Labute approximate surface area is 236 Å². The predicted molar refractivity (Wildman–Crippen MR) is 156 cm³/mol. The lowest BCUT2D eigenvalue weighted by Gasteiger charge is -2.41. The van der Waals surface area contributed by atoms with E-state index in [4.69, 9.17) is 21.7 Å². The minimum absolute atomic E-state index is 0.0549. The molecule has 0 spiro atoms. The van der Waals surface area contributed by atoms with Gasteiger partial charge in [0.2, 0.25) is 0 Å². The molecule has 0 aromatic rings. The van der Waals surface area contributed by atoms with Crippen molar-refractivity contribution in [3.8, 4) is 0 Å². The van der Waals surface area contributed by atoms with E-state index in [1.165, 1.54) is 38.5 Å². The molecule has 39 heavy (non-hydrogen) atoms. The molecule has 8 nitrogen and oxygen atoms in total. The summed E-state index contributed by atoms with van der Waals surface area (Å²) in [5, 5.41) is 20.4. The minimum atomic E-state index is -4.12. The van der Waals surface area contributed by atoms with Crippen molar-refractivity contribution >= 4 is 10.1 Å². The predicted octanol–water partition coefficient (Wildman–Crippen LogP) is 5.26. The molecule has 0 heterocycles. The molecule has 3 fully saturated rings. The number of azo groups is 1. The SMILES string of the molecule is CC1=CC(C2CCC(S(=O)(=O)O)CC(N)C2)C(O)C1N=NC1CCC2CCCCC(CC2C)C(C)(CCN)C1. The molecule has 4 aliphatic rings. The Bertz CT molecular complexity index is 987. The molecule has 0 aromatic heterocycles. The van der Waals surface area contributed by atoms with Crippen LogP contribution in [0.5, 0.6) is 0 Å². The standard InChI is InChI=1S/C30H54N4O4S/c1-19-14-23-7-5-4-6-21(19)8-10-25(18-30(23,3)12-13-31)33-34-28-20(2)15-27(29(28)35)22-9-11-26(39(36,37)38)17-24(32)16-22/h15,19,21-29,35H,4-14,16-18,31-32H2,1-3H3,(H,36,37,38). The quantitative estimate of drug-likeness (QED) is 0.149. The molecule has 9 heteroatoms. The van der Waals surface area contributed by atoms with Gasteiger partial charge >= 0.3 is 0 Å². The normalized spacial score (nSPS) is 44.6. The van der Waals surface area contributed by atoms with Crippen LogP contribution >= 0.6 is 0 Å². The third kappa shape index (κ3) is 7.51. The van der Waals surface area contributed by atoms with Crippen LogP contribution in [0, 0.1) is 35.0 Å². The van der Waals surface area contributed by atoms with Crippen LogP contribution in [-0.4, -0.2) is 54.1 Å². The Morgan fingerprint density at radius 3 is 2.46 bits per heavy atom. The molecule has 0 radical (unpaired) electrons. The number of nitrogens with zero attached hydrogens (tertiary/aromatic N) is 2. The second kappa shape index (κ2) is 13.0. The highest BCUT2D eigenvalue weighted by Gasteiger charge is 2.43. The van der Waals surface area contributed by atoms with Gasteiger partial charge in [0.25, 0.3) is 10.1 Å². The molecule has 2 bridgehead atoms. The third-order valence-electron chi connectivity index (χ3n) is 11.1. The van der Waals surface area contributed by atoms with Crippen molar-refractivity contribution in [1.82, 2.24) is 0 Å². The number of hydrogen-bond donors (Lipinski definition) is 4. The van der Waals surface area contributed by atoms with Crippen LogP contribution in [0.15, 0.2) is 21.9 Å². The van der Waals surface area contributed by atoms with Crippen LogP contribution in [0.2, 0.25) is 0 Å². The number of hydrogen-bond acceptors (Lipinski definition) is 7. The highest BCUT2D eigenvalue weighted by atomic mass is 32.2. The summed E-state index contributed by atoms with van der Waals surface area (Å²) in [6.45, 7) is 7.60. The van der Waals surface area contributed by atoms with E-state index in [2.05, 4.69) is 19.9 Å². The molecule has 6 N–H and O–H groups in total. The third-order valence-corrected chi connectivity index (χ3v) is 12.4.